The van der Waals surface area contributed by atoms with Crippen molar-refractivity contribution in [3.63, 3.8) is 0 Å². The van der Waals surface area contributed by atoms with Gasteiger partial charge >= 0.3 is 21.1 Å². The largest absolute Gasteiger partial charge is 2.00 e. The zero-order valence-electron chi connectivity index (χ0n) is 36.4. The number of aryl methyl sites for hydroxylation is 2. The zero-order valence-corrected chi connectivity index (χ0v) is 35.6. The van der Waals surface area contributed by atoms with Crippen molar-refractivity contribution < 1.29 is 29.9 Å². The molecule has 0 fully saturated rings. The minimum atomic E-state index is -2.34. The van der Waals surface area contributed by atoms with Gasteiger partial charge in [-0.25, -0.2) is 0 Å². The van der Waals surface area contributed by atoms with Gasteiger partial charge in [-0.1, -0.05) is 138 Å². The number of ether oxygens (including phenoxy) is 1. The fourth-order valence-electron chi connectivity index (χ4n) is 10.5. The van der Waals surface area contributed by atoms with E-state index in [1.54, 1.807) is 0 Å². The normalized spacial score (nSPS) is 20.4. The van der Waals surface area contributed by atoms with Crippen molar-refractivity contribution in [2.24, 2.45) is 0 Å². The van der Waals surface area contributed by atoms with Crippen molar-refractivity contribution in [2.75, 3.05) is 0 Å². The van der Waals surface area contributed by atoms with Crippen molar-refractivity contribution in [1.29, 1.82) is 0 Å². The van der Waals surface area contributed by atoms with Gasteiger partial charge in [-0.05, 0) is 59.3 Å². The molecule has 0 amide bonds. The molecular weight excluding hydrogens is 880 g/mol. The molecule has 1 unspecified atom stereocenters. The van der Waals surface area contributed by atoms with Gasteiger partial charge in [-0.15, -0.1) is 29.8 Å². The third kappa shape index (κ3) is 4.61. The fraction of sp³-hybridized carbons (Fsp3) is 0.294. The van der Waals surface area contributed by atoms with Crippen LogP contribution < -0.4 is 4.74 Å². The molecule has 11 rings (SSSR count). The van der Waals surface area contributed by atoms with Crippen LogP contribution in [0, 0.1) is 19.0 Å². The monoisotopic (exact) mass is 928 g/mol. The number of aromatic nitrogens is 4. The maximum Gasteiger partial charge on any atom is 2.00 e. The van der Waals surface area contributed by atoms with E-state index in [-0.39, 0.29) is 42.7 Å². The van der Waals surface area contributed by atoms with Crippen molar-refractivity contribution in [3.05, 3.63) is 143 Å². The molecule has 5 aromatic carbocycles. The summed E-state index contributed by atoms with van der Waals surface area (Å²) >= 11 is 0. The second-order valence-corrected chi connectivity index (χ2v) is 18.1. The second-order valence-electron chi connectivity index (χ2n) is 18.1. The van der Waals surface area contributed by atoms with Crippen molar-refractivity contribution in [1.82, 2.24) is 19.2 Å². The van der Waals surface area contributed by atoms with Crippen LogP contribution in [0.5, 0.6) is 11.5 Å². The molecular formula is C51H46N4OPt. The van der Waals surface area contributed by atoms with E-state index in [1.165, 1.54) is 5.56 Å². The van der Waals surface area contributed by atoms with Crippen molar-refractivity contribution in [2.45, 2.75) is 96.2 Å². The first-order valence-electron chi connectivity index (χ1n) is 21.4. The molecule has 0 bridgehead atoms. The van der Waals surface area contributed by atoms with Crippen LogP contribution in [-0.2, 0) is 49.1 Å². The molecule has 57 heavy (non-hydrogen) atoms. The molecule has 8 aromatic rings. The first-order chi connectivity index (χ1) is 28.0. The average molecular weight is 929 g/mol. The smallest absolute Gasteiger partial charge is 0.503 e. The summed E-state index contributed by atoms with van der Waals surface area (Å²) in [5.74, 6) is 1.04. The van der Waals surface area contributed by atoms with Gasteiger partial charge in [0.05, 0.1) is 23.2 Å². The fourth-order valence-corrected chi connectivity index (χ4v) is 10.5. The Labute approximate surface area is 353 Å². The summed E-state index contributed by atoms with van der Waals surface area (Å²) in [7, 11) is 0. The summed E-state index contributed by atoms with van der Waals surface area (Å²) in [5.41, 5.74) is 12.0. The molecule has 1 aliphatic carbocycles. The van der Waals surface area contributed by atoms with Crippen LogP contribution in [-0.4, -0.2) is 19.2 Å². The molecule has 6 heteroatoms. The standard InChI is InChI=1S/C51H46N4O.Pt/c1-30-20-24-40-44-42(30)36-23-21-33(27-37(36)47-53-43-35-19-13-12-17-31(35)18-14-26-51(8,49(40,4)5)46(43)54(44)47)56-34-22-25-39-41(28-34)55-45(50(6,7)48(39,2)3)38(29-52-55)32-15-10-9-11-16-32;/h9-13,15-17,19-25,29H,14,18,26H2,1-8H3;/q-2;+2/i1D3;. The summed E-state index contributed by atoms with van der Waals surface area (Å²) in [5, 5.41) is 7.22. The Bertz CT molecular complexity index is 3100. The Balaban J connectivity index is 0.00000433. The van der Waals surface area contributed by atoms with Crippen LogP contribution in [0.2, 0.25) is 0 Å². The van der Waals surface area contributed by atoms with E-state index in [0.29, 0.717) is 17.1 Å². The predicted molar refractivity (Wildman–Crippen MR) is 226 cm³/mol. The van der Waals surface area contributed by atoms with E-state index in [9.17, 15) is 0 Å². The molecule has 2 aliphatic heterocycles. The van der Waals surface area contributed by atoms with Crippen LogP contribution in [0.15, 0.2) is 97.2 Å². The van der Waals surface area contributed by atoms with Gasteiger partial charge < -0.3 is 9.14 Å². The molecule has 0 radical (unpaired) electrons. The molecule has 0 N–H and O–H groups in total. The van der Waals surface area contributed by atoms with E-state index in [0.717, 1.165) is 97.2 Å². The number of pyridine rings is 1. The quantitative estimate of drug-likeness (QED) is 0.131. The number of rotatable bonds is 3. The summed E-state index contributed by atoms with van der Waals surface area (Å²) in [6, 6.07) is 38.3. The Morgan fingerprint density at radius 2 is 1.47 bits per heavy atom. The molecule has 286 valence electrons. The molecule has 0 spiro atoms. The second kappa shape index (κ2) is 12.0. The minimum absolute atomic E-state index is 0. The number of fused-ring (bicyclic) bond motifs is 8. The Kier molecular flexibility index (Phi) is 6.97. The van der Waals surface area contributed by atoms with Gasteiger partial charge in [0, 0.05) is 54.2 Å². The third-order valence-electron chi connectivity index (χ3n) is 14.7. The SMILES string of the molecule is [2H]C([2H])([2H])c1ccc2c3c1c1ccc(Oc4[c-]c5c(cc4)C(C)(C)C(C)(C)c4c(-c6ccccc6)cnn4-5)[c-]c1c1nc4c(n13)C(C)(CCCc1ccccc1-4)C2(C)C.[Pt+2]. The van der Waals surface area contributed by atoms with Crippen molar-refractivity contribution in [3.8, 4) is 39.6 Å². The van der Waals surface area contributed by atoms with E-state index in [4.69, 9.17) is 18.9 Å². The predicted octanol–water partition coefficient (Wildman–Crippen LogP) is 12.3. The number of benzene rings is 5. The average Bonchev–Trinajstić information content (AvgIpc) is 3.84. The Morgan fingerprint density at radius 3 is 2.28 bits per heavy atom. The zero-order chi connectivity index (χ0) is 41.0. The van der Waals surface area contributed by atoms with Gasteiger partial charge in [0.2, 0.25) is 0 Å². The molecule has 1 atom stereocenters. The van der Waals surface area contributed by atoms with E-state index in [2.05, 4.69) is 126 Å². The number of nitrogens with zero attached hydrogens (tertiary/aromatic N) is 4. The van der Waals surface area contributed by atoms with Gasteiger partial charge in [-0.2, -0.15) is 11.2 Å². The molecule has 0 saturated carbocycles. The number of hydrogen-bond acceptors (Lipinski definition) is 3. The summed E-state index contributed by atoms with van der Waals surface area (Å²) in [4.78, 5) is 5.56. The summed E-state index contributed by atoms with van der Waals surface area (Å²) < 4.78 is 37.3. The van der Waals surface area contributed by atoms with Crippen molar-refractivity contribution >= 4 is 27.3 Å². The molecule has 3 aromatic heterocycles. The maximum absolute atomic E-state index is 8.75. The molecule has 5 heterocycles. The molecule has 0 saturated heterocycles. The number of hydrogen-bond donors (Lipinski definition) is 0. The third-order valence-corrected chi connectivity index (χ3v) is 14.7. The first kappa shape index (κ1) is 33.0. The van der Waals surface area contributed by atoms with Gasteiger partial charge in [0.15, 0.2) is 0 Å². The van der Waals surface area contributed by atoms with Crippen LogP contribution in [0.4, 0.5) is 0 Å². The topological polar surface area (TPSA) is 44.3 Å². The Hall–Kier alpha value is -4.99. The van der Waals surface area contributed by atoms with Gasteiger partial charge in [-0.3, -0.25) is 9.67 Å². The molecule has 3 aliphatic rings. The summed E-state index contributed by atoms with van der Waals surface area (Å²) in [6.45, 7) is 13.9. The maximum atomic E-state index is 8.75. The number of imidazole rings is 1. The van der Waals surface area contributed by atoms with Crippen LogP contribution >= 0.6 is 0 Å². The van der Waals surface area contributed by atoms with E-state index >= 15 is 0 Å². The van der Waals surface area contributed by atoms with Crippen LogP contribution in [0.3, 0.4) is 0 Å². The van der Waals surface area contributed by atoms with E-state index in [1.807, 2.05) is 41.2 Å². The first-order valence-corrected chi connectivity index (χ1v) is 19.9. The molecule has 5 nitrogen and oxygen atoms in total. The van der Waals surface area contributed by atoms with Gasteiger partial charge in [0.1, 0.15) is 0 Å². The summed E-state index contributed by atoms with van der Waals surface area (Å²) in [6.07, 6.45) is 4.94. The van der Waals surface area contributed by atoms with Crippen LogP contribution in [0.25, 0.3) is 55.4 Å². The minimum Gasteiger partial charge on any atom is -0.503 e. The van der Waals surface area contributed by atoms with Gasteiger partial charge in [0.25, 0.3) is 0 Å². The van der Waals surface area contributed by atoms with Crippen LogP contribution in [0.1, 0.15) is 99.1 Å². The Morgan fingerprint density at radius 1 is 0.737 bits per heavy atom. The van der Waals surface area contributed by atoms with E-state index < -0.39 is 6.85 Å².